The molecule has 88 valence electrons. The summed E-state index contributed by atoms with van der Waals surface area (Å²) in [6.45, 7) is 2.16. The van der Waals surface area contributed by atoms with E-state index in [1.54, 1.807) is 0 Å². The summed E-state index contributed by atoms with van der Waals surface area (Å²) in [4.78, 5) is 1.35. The predicted octanol–water partition coefficient (Wildman–Crippen LogP) is 3.39. The first-order chi connectivity index (χ1) is 7.85. The van der Waals surface area contributed by atoms with Gasteiger partial charge in [0.05, 0.1) is 0 Å². The van der Waals surface area contributed by atoms with Crippen LogP contribution in [0.2, 0.25) is 0 Å². The molecule has 16 heavy (non-hydrogen) atoms. The highest BCUT2D eigenvalue weighted by Gasteiger charge is 2.40. The van der Waals surface area contributed by atoms with Crippen LogP contribution < -0.4 is 5.32 Å². The number of hydrogen-bond acceptors (Lipinski definition) is 2. The topological polar surface area (TPSA) is 12.0 Å². The molecule has 0 heterocycles. The molecule has 1 aromatic rings. The number of alkyl halides is 1. The van der Waals surface area contributed by atoms with Crippen molar-refractivity contribution in [2.45, 2.75) is 17.7 Å². The number of hydrogen-bond donors (Lipinski definition) is 1. The summed E-state index contributed by atoms with van der Waals surface area (Å²) in [5.74, 6) is 1.94. The molecule has 0 aliphatic heterocycles. The molecule has 0 atom stereocenters. The summed E-state index contributed by atoms with van der Waals surface area (Å²) < 4.78 is 0. The van der Waals surface area contributed by atoms with Crippen molar-refractivity contribution in [1.29, 1.82) is 0 Å². The number of thioether (sulfide) groups is 1. The minimum absolute atomic E-state index is 0.443. The molecule has 0 amide bonds. The number of nitrogens with one attached hydrogen (secondary N) is 1. The van der Waals surface area contributed by atoms with Gasteiger partial charge in [-0.25, -0.2) is 0 Å². The highest BCUT2D eigenvalue weighted by Crippen LogP contribution is 2.45. The molecule has 0 radical (unpaired) electrons. The maximum atomic E-state index is 5.92. The molecule has 1 N–H and O–H groups in total. The first kappa shape index (κ1) is 12.3. The zero-order valence-corrected chi connectivity index (χ0v) is 11.0. The SMILES string of the molecule is ClCC1(CNCCSc2ccccc2)CC1. The molecule has 1 nitrogen and oxygen atoms in total. The van der Waals surface area contributed by atoms with Crippen molar-refractivity contribution in [3.05, 3.63) is 30.3 Å². The molecule has 3 heteroatoms. The number of halogens is 1. The first-order valence-electron chi connectivity index (χ1n) is 5.79. The summed E-state index contributed by atoms with van der Waals surface area (Å²) in [6.07, 6.45) is 2.60. The Morgan fingerprint density at radius 3 is 2.62 bits per heavy atom. The van der Waals surface area contributed by atoms with Crippen molar-refractivity contribution in [1.82, 2.24) is 5.32 Å². The molecule has 1 aliphatic rings. The Morgan fingerprint density at radius 2 is 2.00 bits per heavy atom. The smallest absolute Gasteiger partial charge is 0.0292 e. The Morgan fingerprint density at radius 1 is 1.25 bits per heavy atom. The fourth-order valence-corrected chi connectivity index (χ4v) is 2.84. The van der Waals surface area contributed by atoms with E-state index in [2.05, 4.69) is 35.6 Å². The van der Waals surface area contributed by atoms with Crippen LogP contribution in [0.1, 0.15) is 12.8 Å². The fourth-order valence-electron chi connectivity index (χ4n) is 1.65. The first-order valence-corrected chi connectivity index (χ1v) is 7.31. The summed E-state index contributed by atoms with van der Waals surface area (Å²) in [5, 5.41) is 3.50. The van der Waals surface area contributed by atoms with Crippen molar-refractivity contribution in [2.75, 3.05) is 24.7 Å². The lowest BCUT2D eigenvalue weighted by Crippen LogP contribution is -2.26. The zero-order chi connectivity index (χ0) is 11.3. The molecular weight excluding hydrogens is 238 g/mol. The highest BCUT2D eigenvalue weighted by molar-refractivity contribution is 7.99. The van der Waals surface area contributed by atoms with E-state index < -0.39 is 0 Å². The van der Waals surface area contributed by atoms with E-state index >= 15 is 0 Å². The van der Waals surface area contributed by atoms with Gasteiger partial charge in [0, 0.05) is 29.6 Å². The molecule has 0 spiro atoms. The van der Waals surface area contributed by atoms with Crippen LogP contribution in [0.15, 0.2) is 35.2 Å². The molecule has 0 bridgehead atoms. The van der Waals surface area contributed by atoms with E-state index in [1.165, 1.54) is 17.7 Å². The van der Waals surface area contributed by atoms with E-state index in [0.717, 1.165) is 24.7 Å². The molecular formula is C13H18ClNS. The van der Waals surface area contributed by atoms with Gasteiger partial charge in [-0.2, -0.15) is 0 Å². The normalized spacial score (nSPS) is 17.3. The van der Waals surface area contributed by atoms with Gasteiger partial charge in [-0.1, -0.05) is 18.2 Å². The zero-order valence-electron chi connectivity index (χ0n) is 9.42. The summed E-state index contributed by atoms with van der Waals surface area (Å²) >= 11 is 7.82. The van der Waals surface area contributed by atoms with Crippen molar-refractivity contribution >= 4 is 23.4 Å². The van der Waals surface area contributed by atoms with Crippen molar-refractivity contribution in [3.8, 4) is 0 Å². The van der Waals surface area contributed by atoms with Gasteiger partial charge < -0.3 is 5.32 Å². The van der Waals surface area contributed by atoms with Gasteiger partial charge in [-0.05, 0) is 30.4 Å². The van der Waals surface area contributed by atoms with Gasteiger partial charge in [0.2, 0.25) is 0 Å². The van der Waals surface area contributed by atoms with Gasteiger partial charge in [0.25, 0.3) is 0 Å². The van der Waals surface area contributed by atoms with Crippen LogP contribution >= 0.6 is 23.4 Å². The predicted molar refractivity (Wildman–Crippen MR) is 72.4 cm³/mol. The largest absolute Gasteiger partial charge is 0.315 e. The third-order valence-corrected chi connectivity index (χ3v) is 4.61. The second-order valence-corrected chi connectivity index (χ2v) is 5.91. The van der Waals surface area contributed by atoms with E-state index in [1.807, 2.05) is 11.8 Å². The summed E-state index contributed by atoms with van der Waals surface area (Å²) in [7, 11) is 0. The Bertz CT molecular complexity index is 311. The van der Waals surface area contributed by atoms with Crippen LogP contribution in [-0.4, -0.2) is 24.7 Å². The van der Waals surface area contributed by atoms with Crippen LogP contribution in [0.3, 0.4) is 0 Å². The molecule has 1 aliphatic carbocycles. The number of rotatable bonds is 7. The Balaban J connectivity index is 1.56. The maximum absolute atomic E-state index is 5.92. The lowest BCUT2D eigenvalue weighted by atomic mass is 10.1. The second kappa shape index (κ2) is 5.95. The lowest BCUT2D eigenvalue weighted by molar-refractivity contribution is 0.517. The summed E-state index contributed by atoms with van der Waals surface area (Å²) in [5.41, 5.74) is 0.443. The third kappa shape index (κ3) is 3.69. The van der Waals surface area contributed by atoms with E-state index in [4.69, 9.17) is 11.6 Å². The van der Waals surface area contributed by atoms with Crippen molar-refractivity contribution in [2.24, 2.45) is 5.41 Å². The van der Waals surface area contributed by atoms with Gasteiger partial charge in [0.1, 0.15) is 0 Å². The summed E-state index contributed by atoms with van der Waals surface area (Å²) in [6, 6.07) is 10.5. The van der Waals surface area contributed by atoms with Crippen molar-refractivity contribution < 1.29 is 0 Å². The maximum Gasteiger partial charge on any atom is 0.0292 e. The minimum Gasteiger partial charge on any atom is -0.315 e. The van der Waals surface area contributed by atoms with Gasteiger partial charge >= 0.3 is 0 Å². The second-order valence-electron chi connectivity index (χ2n) is 4.47. The molecule has 1 aromatic carbocycles. The number of benzene rings is 1. The van der Waals surface area contributed by atoms with Crippen LogP contribution in [-0.2, 0) is 0 Å². The Labute approximate surface area is 107 Å². The van der Waals surface area contributed by atoms with Crippen LogP contribution in [0, 0.1) is 5.41 Å². The van der Waals surface area contributed by atoms with Gasteiger partial charge in [-0.15, -0.1) is 23.4 Å². The third-order valence-electron chi connectivity index (χ3n) is 3.03. The Hall–Kier alpha value is -0.180. The van der Waals surface area contributed by atoms with E-state index in [0.29, 0.717) is 5.41 Å². The fraction of sp³-hybridized carbons (Fsp3) is 0.538. The van der Waals surface area contributed by atoms with Crippen LogP contribution in [0.4, 0.5) is 0 Å². The quantitative estimate of drug-likeness (QED) is 0.455. The average molecular weight is 256 g/mol. The Kier molecular flexibility index (Phi) is 4.56. The molecule has 0 saturated heterocycles. The van der Waals surface area contributed by atoms with E-state index in [9.17, 15) is 0 Å². The van der Waals surface area contributed by atoms with Gasteiger partial charge in [0.15, 0.2) is 0 Å². The van der Waals surface area contributed by atoms with Crippen molar-refractivity contribution in [3.63, 3.8) is 0 Å². The lowest BCUT2D eigenvalue weighted by Gasteiger charge is -2.11. The molecule has 1 saturated carbocycles. The van der Waals surface area contributed by atoms with Crippen LogP contribution in [0.25, 0.3) is 0 Å². The van der Waals surface area contributed by atoms with Gasteiger partial charge in [-0.3, -0.25) is 0 Å². The monoisotopic (exact) mass is 255 g/mol. The van der Waals surface area contributed by atoms with Crippen LogP contribution in [0.5, 0.6) is 0 Å². The minimum atomic E-state index is 0.443. The average Bonchev–Trinajstić information content (AvgIpc) is 3.11. The molecule has 0 unspecified atom stereocenters. The molecule has 0 aromatic heterocycles. The molecule has 2 rings (SSSR count). The highest BCUT2D eigenvalue weighted by atomic mass is 35.5. The van der Waals surface area contributed by atoms with E-state index in [-0.39, 0.29) is 0 Å². The molecule has 1 fully saturated rings. The standard InChI is InChI=1S/C13H18ClNS/c14-10-13(6-7-13)11-15-8-9-16-12-4-2-1-3-5-12/h1-5,15H,6-11H2.